The number of imidazole rings is 1. The second-order valence-corrected chi connectivity index (χ2v) is 12.7. The molecule has 5 N–H and O–H groups in total. The molecule has 2 aromatic carbocycles. The number of aryl methyl sites for hydroxylation is 1. The Bertz CT molecular complexity index is 1650. The molecule has 1 amide bonds. The average molecular weight is 622 g/mol. The molecule has 0 radical (unpaired) electrons. The summed E-state index contributed by atoms with van der Waals surface area (Å²) in [5.41, 5.74) is 7.34. The number of amides is 1. The molecule has 6 rings (SSSR count). The van der Waals surface area contributed by atoms with Crippen molar-refractivity contribution in [1.82, 2.24) is 23.8 Å². The van der Waals surface area contributed by atoms with Gasteiger partial charge in [-0.3, -0.25) is 0 Å². The molecule has 4 aromatic rings. The highest BCUT2D eigenvalue weighted by Gasteiger charge is 2.28. The van der Waals surface area contributed by atoms with E-state index in [1.54, 1.807) is 34.9 Å². The summed E-state index contributed by atoms with van der Waals surface area (Å²) in [5.74, 6) is 1.19. The van der Waals surface area contributed by atoms with E-state index in [4.69, 9.17) is 19.9 Å². The molecule has 44 heavy (non-hydrogen) atoms. The number of para-hydroxylation sites is 1. The van der Waals surface area contributed by atoms with Crippen LogP contribution >= 0.6 is 0 Å². The number of nitrogens with two attached hydrogens (primary N) is 1. The Morgan fingerprint density at radius 1 is 0.977 bits per heavy atom. The zero-order valence-corrected chi connectivity index (χ0v) is 25.6. The van der Waals surface area contributed by atoms with Gasteiger partial charge in [-0.05, 0) is 56.2 Å². The fourth-order valence-electron chi connectivity index (χ4n) is 5.58. The average Bonchev–Trinajstić information content (AvgIpc) is 3.45. The maximum atomic E-state index is 13.4. The van der Waals surface area contributed by atoms with Crippen molar-refractivity contribution in [3.8, 4) is 0 Å². The molecule has 0 atom stereocenters. The lowest BCUT2D eigenvalue weighted by Gasteiger charge is -2.35. The molecule has 2 fully saturated rings. The Morgan fingerprint density at radius 2 is 1.64 bits per heavy atom. The van der Waals surface area contributed by atoms with Crippen molar-refractivity contribution < 1.29 is 18.3 Å². The number of piperazine rings is 1. The first-order valence-corrected chi connectivity index (χ1v) is 16.3. The number of hydrogen-bond donors (Lipinski definition) is 4. The SMILES string of the molecule is CCn1cnc2c(Nc3ccc(S(=O)(=O)N4CCN(c5ccccc5)CC4)cc3)nc(NC3CCCCC3)nc21.NC(=O)O. The van der Waals surface area contributed by atoms with Gasteiger partial charge in [0.1, 0.15) is 0 Å². The van der Waals surface area contributed by atoms with Crippen LogP contribution in [-0.4, -0.2) is 75.7 Å². The molecule has 2 aliphatic rings. The first kappa shape index (κ1) is 31.0. The summed E-state index contributed by atoms with van der Waals surface area (Å²) in [5, 5.41) is 14.1. The lowest BCUT2D eigenvalue weighted by Crippen LogP contribution is -2.48. The molecule has 1 aliphatic carbocycles. The van der Waals surface area contributed by atoms with Crippen molar-refractivity contribution >= 4 is 50.4 Å². The van der Waals surface area contributed by atoms with Gasteiger partial charge in [-0.15, -0.1) is 0 Å². The lowest BCUT2D eigenvalue weighted by molar-refractivity contribution is 0.205. The number of carbonyl (C=O) groups is 1. The number of nitrogens with one attached hydrogen (secondary N) is 2. The van der Waals surface area contributed by atoms with Gasteiger partial charge in [0.25, 0.3) is 0 Å². The summed E-state index contributed by atoms with van der Waals surface area (Å²) >= 11 is 0. The molecule has 2 aromatic heterocycles. The van der Waals surface area contributed by atoms with Gasteiger partial charge in [0, 0.05) is 50.1 Å². The van der Waals surface area contributed by atoms with E-state index >= 15 is 0 Å². The molecule has 1 saturated carbocycles. The molecule has 0 bridgehead atoms. The number of nitrogens with zero attached hydrogens (tertiary/aromatic N) is 6. The number of sulfonamides is 1. The molecule has 0 unspecified atom stereocenters. The van der Waals surface area contributed by atoms with E-state index in [1.807, 2.05) is 22.8 Å². The fourth-order valence-corrected chi connectivity index (χ4v) is 7.00. The summed E-state index contributed by atoms with van der Waals surface area (Å²) < 4.78 is 30.4. The number of primary amides is 1. The fraction of sp³-hybridized carbons (Fsp3) is 0.400. The Hall–Kier alpha value is -4.43. The van der Waals surface area contributed by atoms with Crippen molar-refractivity contribution in [1.29, 1.82) is 0 Å². The van der Waals surface area contributed by atoms with Gasteiger partial charge in [-0.2, -0.15) is 14.3 Å². The standard InChI is InChI=1S/C29H36N8O2S.CH3NO2/c1-2-35-21-30-26-27(33-29(34-28(26)35)32-22-9-5-3-6-10-22)31-23-13-15-25(16-14-23)40(38,39)37-19-17-36(18-20-37)24-11-7-4-8-12-24;2-1(3)4/h4,7-8,11-16,21-22H,2-3,5-6,9-10,17-20H2,1H3,(H2,31,32,33,34);2H2,(H,3,4). The minimum Gasteiger partial charge on any atom is -0.465 e. The Balaban J connectivity index is 0.000000906. The molecule has 14 heteroatoms. The van der Waals surface area contributed by atoms with E-state index < -0.39 is 16.1 Å². The lowest BCUT2D eigenvalue weighted by atomic mass is 9.96. The number of fused-ring (bicyclic) bond motifs is 1. The summed E-state index contributed by atoms with van der Waals surface area (Å²) in [6.45, 7) is 5.04. The highest BCUT2D eigenvalue weighted by atomic mass is 32.2. The third-order valence-electron chi connectivity index (χ3n) is 7.86. The van der Waals surface area contributed by atoms with Crippen LogP contribution in [0.25, 0.3) is 11.2 Å². The van der Waals surface area contributed by atoms with Gasteiger partial charge in [-0.1, -0.05) is 37.5 Å². The van der Waals surface area contributed by atoms with Gasteiger partial charge in [0.05, 0.1) is 11.2 Å². The maximum Gasteiger partial charge on any atom is 0.402 e. The minimum atomic E-state index is -3.59. The Kier molecular flexibility index (Phi) is 9.80. The molecule has 234 valence electrons. The second kappa shape index (κ2) is 13.9. The predicted octanol–water partition coefficient (Wildman–Crippen LogP) is 4.47. The number of carboxylic acid groups (broad SMARTS) is 1. The summed E-state index contributed by atoms with van der Waals surface area (Å²) in [7, 11) is -3.59. The van der Waals surface area contributed by atoms with Crippen LogP contribution in [0.15, 0.2) is 65.8 Å². The van der Waals surface area contributed by atoms with Gasteiger partial charge >= 0.3 is 6.09 Å². The molecule has 1 aliphatic heterocycles. The van der Waals surface area contributed by atoms with Gasteiger partial charge in [0.2, 0.25) is 16.0 Å². The first-order chi connectivity index (χ1) is 21.2. The van der Waals surface area contributed by atoms with Crippen molar-refractivity contribution in [3.05, 3.63) is 60.9 Å². The van der Waals surface area contributed by atoms with Crippen LogP contribution in [0.4, 0.5) is 27.9 Å². The number of benzene rings is 2. The zero-order chi connectivity index (χ0) is 31.1. The highest BCUT2D eigenvalue weighted by molar-refractivity contribution is 7.89. The first-order valence-electron chi connectivity index (χ1n) is 14.9. The van der Waals surface area contributed by atoms with E-state index in [1.165, 1.54) is 19.3 Å². The molecule has 13 nitrogen and oxygen atoms in total. The Labute approximate surface area is 257 Å². The molecular formula is C30H39N9O4S. The van der Waals surface area contributed by atoms with Crippen LogP contribution in [0.2, 0.25) is 0 Å². The maximum absolute atomic E-state index is 13.4. The van der Waals surface area contributed by atoms with E-state index in [0.29, 0.717) is 49.5 Å². The normalized spacial score (nSPS) is 16.2. The zero-order valence-electron chi connectivity index (χ0n) is 24.8. The largest absolute Gasteiger partial charge is 0.465 e. The van der Waals surface area contributed by atoms with Crippen LogP contribution in [0.5, 0.6) is 0 Å². The molecule has 3 heterocycles. The van der Waals surface area contributed by atoms with Crippen LogP contribution in [0, 0.1) is 0 Å². The number of anilines is 4. The second-order valence-electron chi connectivity index (χ2n) is 10.8. The van der Waals surface area contributed by atoms with E-state index in [9.17, 15) is 8.42 Å². The van der Waals surface area contributed by atoms with Gasteiger partial charge in [0.15, 0.2) is 17.0 Å². The molecule has 0 spiro atoms. The summed E-state index contributed by atoms with van der Waals surface area (Å²) in [6.07, 6.45) is 6.40. The van der Waals surface area contributed by atoms with Crippen LogP contribution in [0.1, 0.15) is 39.0 Å². The van der Waals surface area contributed by atoms with E-state index in [0.717, 1.165) is 36.4 Å². The van der Waals surface area contributed by atoms with E-state index in [-0.39, 0.29) is 4.90 Å². The van der Waals surface area contributed by atoms with Crippen molar-refractivity contribution in [2.24, 2.45) is 5.73 Å². The molecular weight excluding hydrogens is 582 g/mol. The van der Waals surface area contributed by atoms with Crippen LogP contribution in [0.3, 0.4) is 0 Å². The van der Waals surface area contributed by atoms with Crippen molar-refractivity contribution in [2.75, 3.05) is 41.7 Å². The van der Waals surface area contributed by atoms with Crippen LogP contribution < -0.4 is 21.3 Å². The van der Waals surface area contributed by atoms with Gasteiger partial charge < -0.3 is 30.9 Å². The topological polar surface area (TPSA) is 172 Å². The number of hydrogen-bond acceptors (Lipinski definition) is 9. The summed E-state index contributed by atoms with van der Waals surface area (Å²) in [6, 6.07) is 17.4. The third-order valence-corrected chi connectivity index (χ3v) is 9.77. The number of aromatic nitrogens is 4. The van der Waals surface area contributed by atoms with Crippen LogP contribution in [-0.2, 0) is 16.6 Å². The van der Waals surface area contributed by atoms with Gasteiger partial charge in [-0.25, -0.2) is 18.2 Å². The number of rotatable bonds is 8. The minimum absolute atomic E-state index is 0.286. The third kappa shape index (κ3) is 7.37. The smallest absolute Gasteiger partial charge is 0.402 e. The summed E-state index contributed by atoms with van der Waals surface area (Å²) in [4.78, 5) is 25.4. The van der Waals surface area contributed by atoms with Crippen molar-refractivity contribution in [2.45, 2.75) is 56.5 Å². The molecule has 1 saturated heterocycles. The monoisotopic (exact) mass is 621 g/mol. The highest BCUT2D eigenvalue weighted by Crippen LogP contribution is 2.28. The van der Waals surface area contributed by atoms with E-state index in [2.05, 4.69) is 45.3 Å². The Morgan fingerprint density at radius 3 is 2.27 bits per heavy atom. The van der Waals surface area contributed by atoms with Crippen molar-refractivity contribution in [3.63, 3.8) is 0 Å². The predicted molar refractivity (Wildman–Crippen MR) is 171 cm³/mol. The quantitative estimate of drug-likeness (QED) is 0.220.